The molecule has 0 unspecified atom stereocenters. The van der Waals surface area contributed by atoms with Crippen molar-refractivity contribution < 1.29 is 0 Å². The van der Waals surface area contributed by atoms with Crippen LogP contribution in [-0.2, 0) is 0 Å². The summed E-state index contributed by atoms with van der Waals surface area (Å²) < 4.78 is 0. The van der Waals surface area contributed by atoms with Crippen LogP contribution in [-0.4, -0.2) is 5.25 Å². The summed E-state index contributed by atoms with van der Waals surface area (Å²) >= 11 is 4.62. The maximum atomic E-state index is 4.62. The van der Waals surface area contributed by atoms with Crippen LogP contribution in [0, 0.1) is 11.8 Å². The topological polar surface area (TPSA) is 0 Å². The molecule has 62 valence electrons. The van der Waals surface area contributed by atoms with Crippen molar-refractivity contribution in [3.8, 4) is 0 Å². The van der Waals surface area contributed by atoms with Crippen LogP contribution < -0.4 is 0 Å². The number of hydrogen-bond acceptors (Lipinski definition) is 1. The van der Waals surface area contributed by atoms with E-state index in [1.807, 2.05) is 0 Å². The summed E-state index contributed by atoms with van der Waals surface area (Å²) in [6, 6.07) is 0. The van der Waals surface area contributed by atoms with Gasteiger partial charge in [0.1, 0.15) is 0 Å². The van der Waals surface area contributed by atoms with Crippen molar-refractivity contribution in [3.63, 3.8) is 0 Å². The maximum Gasteiger partial charge on any atom is 0.0212 e. The van der Waals surface area contributed by atoms with E-state index < -0.39 is 0 Å². The molecule has 0 spiro atoms. The van der Waals surface area contributed by atoms with Gasteiger partial charge in [-0.15, -0.1) is 0 Å². The second-order valence-electron chi connectivity index (χ2n) is 3.18. The first-order valence-electron chi connectivity index (χ1n) is 4.26. The molecule has 0 aromatic carbocycles. The van der Waals surface area contributed by atoms with Crippen molar-refractivity contribution in [1.82, 2.24) is 0 Å². The van der Waals surface area contributed by atoms with Crippen LogP contribution in [0.2, 0.25) is 0 Å². The van der Waals surface area contributed by atoms with Crippen LogP contribution in [0.4, 0.5) is 0 Å². The Morgan fingerprint density at radius 2 is 1.08 bits per heavy atom. The van der Waals surface area contributed by atoms with Crippen molar-refractivity contribution in [3.05, 3.63) is 48.6 Å². The van der Waals surface area contributed by atoms with E-state index in [2.05, 4.69) is 61.2 Å². The third-order valence-electron chi connectivity index (χ3n) is 2.34. The highest BCUT2D eigenvalue weighted by atomic mass is 32.1. The van der Waals surface area contributed by atoms with E-state index in [1.54, 1.807) is 0 Å². The fraction of sp³-hybridized carbons (Fsp3) is 0.273. The number of allylic oxidation sites excluding steroid dienone is 8. The normalized spacial score (nSPS) is 22.2. The second kappa shape index (κ2) is 3.36. The Kier molecular flexibility index (Phi) is 2.22. The summed E-state index contributed by atoms with van der Waals surface area (Å²) in [6.07, 6.45) is 17.2. The third-order valence-corrected chi connectivity index (χ3v) is 3.03. The maximum absolute atomic E-state index is 4.62. The first-order valence-corrected chi connectivity index (χ1v) is 4.77. The molecule has 0 aliphatic heterocycles. The molecule has 0 fully saturated rings. The molecule has 0 radical (unpaired) electrons. The van der Waals surface area contributed by atoms with Gasteiger partial charge in [0.25, 0.3) is 0 Å². The lowest BCUT2D eigenvalue weighted by atomic mass is 9.96. The van der Waals surface area contributed by atoms with E-state index in [0.717, 1.165) is 0 Å². The minimum Gasteiger partial charge on any atom is -0.174 e. The van der Waals surface area contributed by atoms with Crippen molar-refractivity contribution >= 4 is 12.6 Å². The van der Waals surface area contributed by atoms with E-state index in [4.69, 9.17) is 0 Å². The average Bonchev–Trinajstić information content (AvgIpc) is 2.77. The van der Waals surface area contributed by atoms with Gasteiger partial charge in [0.2, 0.25) is 0 Å². The van der Waals surface area contributed by atoms with Crippen molar-refractivity contribution in [1.29, 1.82) is 0 Å². The van der Waals surface area contributed by atoms with Gasteiger partial charge in [-0.2, -0.15) is 12.6 Å². The summed E-state index contributed by atoms with van der Waals surface area (Å²) in [7, 11) is 0. The second-order valence-corrected chi connectivity index (χ2v) is 3.78. The zero-order chi connectivity index (χ0) is 8.39. The summed E-state index contributed by atoms with van der Waals surface area (Å²) in [5.41, 5.74) is 0. The first-order chi connectivity index (χ1) is 5.88. The van der Waals surface area contributed by atoms with Gasteiger partial charge in [-0.3, -0.25) is 0 Å². The molecule has 1 heteroatoms. The molecule has 0 aromatic heterocycles. The molecule has 2 rings (SSSR count). The summed E-state index contributed by atoms with van der Waals surface area (Å²) in [5, 5.41) is 0.398. The van der Waals surface area contributed by atoms with Crippen molar-refractivity contribution in [2.24, 2.45) is 11.8 Å². The minimum atomic E-state index is 0.398. The monoisotopic (exact) mass is 176 g/mol. The standard InChI is InChI=1S/C11H12S/c12-11(9-5-1-2-6-9)10-7-3-4-8-10/h1-12H. The Labute approximate surface area is 78.8 Å². The molecule has 2 aliphatic rings. The fourth-order valence-corrected chi connectivity index (χ4v) is 2.01. The Balaban J connectivity index is 2.04. The quantitative estimate of drug-likeness (QED) is 0.614. The minimum absolute atomic E-state index is 0.398. The smallest absolute Gasteiger partial charge is 0.0212 e. The predicted octanol–water partition coefficient (Wildman–Crippen LogP) is 2.77. The highest BCUT2D eigenvalue weighted by Crippen LogP contribution is 2.28. The summed E-state index contributed by atoms with van der Waals surface area (Å²) in [6.45, 7) is 0. The molecule has 0 N–H and O–H groups in total. The Morgan fingerprint density at radius 3 is 1.42 bits per heavy atom. The number of hydrogen-bond donors (Lipinski definition) is 1. The molecule has 0 aromatic rings. The van der Waals surface area contributed by atoms with Crippen LogP contribution in [0.15, 0.2) is 48.6 Å². The molecule has 0 amide bonds. The predicted molar refractivity (Wildman–Crippen MR) is 56.3 cm³/mol. The molecule has 0 heterocycles. The van der Waals surface area contributed by atoms with Crippen molar-refractivity contribution in [2.45, 2.75) is 5.25 Å². The van der Waals surface area contributed by atoms with Gasteiger partial charge in [-0.1, -0.05) is 48.6 Å². The van der Waals surface area contributed by atoms with E-state index in [1.165, 1.54) is 0 Å². The van der Waals surface area contributed by atoms with Gasteiger partial charge >= 0.3 is 0 Å². The highest BCUT2D eigenvalue weighted by Gasteiger charge is 2.21. The van der Waals surface area contributed by atoms with Gasteiger partial charge in [-0.25, -0.2) is 0 Å². The number of thiol groups is 1. The zero-order valence-corrected chi connectivity index (χ0v) is 7.69. The van der Waals surface area contributed by atoms with Gasteiger partial charge < -0.3 is 0 Å². The Hall–Kier alpha value is -0.690. The molecule has 0 saturated heterocycles. The van der Waals surface area contributed by atoms with Crippen LogP contribution >= 0.6 is 12.6 Å². The van der Waals surface area contributed by atoms with Crippen LogP contribution in [0.3, 0.4) is 0 Å². The SMILES string of the molecule is SC(C1C=CC=C1)C1C=CC=C1. The molecule has 2 aliphatic carbocycles. The van der Waals surface area contributed by atoms with Gasteiger partial charge in [-0.05, 0) is 0 Å². The van der Waals surface area contributed by atoms with Crippen LogP contribution in [0.5, 0.6) is 0 Å². The molecular weight excluding hydrogens is 164 g/mol. The van der Waals surface area contributed by atoms with Gasteiger partial charge in [0.15, 0.2) is 0 Å². The Bertz CT molecular complexity index is 219. The number of rotatable bonds is 2. The highest BCUT2D eigenvalue weighted by molar-refractivity contribution is 7.81. The lowest BCUT2D eigenvalue weighted by Crippen LogP contribution is -2.17. The summed E-state index contributed by atoms with van der Waals surface area (Å²) in [5.74, 6) is 1.01. The van der Waals surface area contributed by atoms with E-state index >= 15 is 0 Å². The first kappa shape index (κ1) is 7.93. The van der Waals surface area contributed by atoms with Gasteiger partial charge in [0.05, 0.1) is 0 Å². The van der Waals surface area contributed by atoms with E-state index in [-0.39, 0.29) is 0 Å². The van der Waals surface area contributed by atoms with Crippen molar-refractivity contribution in [2.75, 3.05) is 0 Å². The zero-order valence-electron chi connectivity index (χ0n) is 6.80. The van der Waals surface area contributed by atoms with Crippen LogP contribution in [0.25, 0.3) is 0 Å². The summed E-state index contributed by atoms with van der Waals surface area (Å²) in [4.78, 5) is 0. The molecule has 12 heavy (non-hydrogen) atoms. The fourth-order valence-electron chi connectivity index (χ4n) is 1.61. The lowest BCUT2D eigenvalue weighted by Gasteiger charge is -2.19. The lowest BCUT2D eigenvalue weighted by molar-refractivity contribution is 0.661. The Morgan fingerprint density at radius 1 is 0.750 bits per heavy atom. The molecular formula is C11H12S. The molecule has 0 atom stereocenters. The molecule has 0 saturated carbocycles. The molecule has 0 nitrogen and oxygen atoms in total. The molecule has 0 bridgehead atoms. The average molecular weight is 176 g/mol. The third kappa shape index (κ3) is 1.42. The van der Waals surface area contributed by atoms with Gasteiger partial charge in [0, 0.05) is 17.1 Å². The van der Waals surface area contributed by atoms with E-state index in [9.17, 15) is 0 Å². The van der Waals surface area contributed by atoms with E-state index in [0.29, 0.717) is 17.1 Å². The largest absolute Gasteiger partial charge is 0.174 e. The van der Waals surface area contributed by atoms with Crippen LogP contribution in [0.1, 0.15) is 0 Å².